The number of carbonyl (C=O) groups is 1. The molecule has 0 bridgehead atoms. The highest BCUT2D eigenvalue weighted by atomic mass is 32.2. The summed E-state index contributed by atoms with van der Waals surface area (Å²) in [4.78, 5) is 12.3. The first-order valence-corrected chi connectivity index (χ1v) is 9.28. The van der Waals surface area contributed by atoms with Crippen LogP contribution in [0.25, 0.3) is 0 Å². The Labute approximate surface area is 131 Å². The van der Waals surface area contributed by atoms with Gasteiger partial charge in [-0.2, -0.15) is 0 Å². The molecule has 2 rings (SSSR count). The minimum atomic E-state index is -3.37. The number of carbonyl (C=O) groups excluding carboxylic acids is 1. The summed E-state index contributed by atoms with van der Waals surface area (Å²) in [5.41, 5.74) is 0.789. The van der Waals surface area contributed by atoms with Crippen LogP contribution in [0.15, 0.2) is 24.3 Å². The summed E-state index contributed by atoms with van der Waals surface area (Å²) in [5.74, 6) is 0.0956. The molecule has 1 fully saturated rings. The predicted molar refractivity (Wildman–Crippen MR) is 85.2 cm³/mol. The maximum atomic E-state index is 12.3. The van der Waals surface area contributed by atoms with E-state index in [4.69, 9.17) is 5.11 Å². The van der Waals surface area contributed by atoms with Crippen molar-refractivity contribution in [2.75, 3.05) is 17.6 Å². The van der Waals surface area contributed by atoms with E-state index >= 15 is 0 Å². The minimum absolute atomic E-state index is 0.0752. The molecule has 122 valence electrons. The normalized spacial score (nSPS) is 21.5. The summed E-state index contributed by atoms with van der Waals surface area (Å²) < 4.78 is 24.8. The first kappa shape index (κ1) is 16.8. The van der Waals surface area contributed by atoms with Gasteiger partial charge in [-0.25, -0.2) is 8.42 Å². The van der Waals surface area contributed by atoms with Gasteiger partial charge in [0.2, 0.25) is 10.0 Å². The van der Waals surface area contributed by atoms with Crippen LogP contribution in [-0.4, -0.2) is 38.3 Å². The van der Waals surface area contributed by atoms with Crippen LogP contribution in [-0.2, 0) is 10.0 Å². The van der Waals surface area contributed by atoms with Crippen LogP contribution in [0.4, 0.5) is 5.69 Å². The lowest BCUT2D eigenvalue weighted by Gasteiger charge is -2.20. The highest BCUT2D eigenvalue weighted by molar-refractivity contribution is 7.92. The molecular formula is C15H22N2O4S. The molecule has 7 heteroatoms. The van der Waals surface area contributed by atoms with Crippen molar-refractivity contribution in [2.24, 2.45) is 5.92 Å². The number of amides is 1. The highest BCUT2D eigenvalue weighted by Gasteiger charge is 2.28. The second kappa shape index (κ2) is 7.11. The van der Waals surface area contributed by atoms with Gasteiger partial charge >= 0.3 is 0 Å². The van der Waals surface area contributed by atoms with Crippen molar-refractivity contribution in [2.45, 2.75) is 31.7 Å². The topological polar surface area (TPSA) is 95.5 Å². The van der Waals surface area contributed by atoms with Crippen molar-refractivity contribution < 1.29 is 18.3 Å². The van der Waals surface area contributed by atoms with Gasteiger partial charge in [0, 0.05) is 23.9 Å². The van der Waals surface area contributed by atoms with Crippen LogP contribution in [0, 0.1) is 5.92 Å². The molecule has 0 aromatic heterocycles. The Bertz CT molecular complexity index is 630. The maximum absolute atomic E-state index is 12.3. The first-order chi connectivity index (χ1) is 10.4. The highest BCUT2D eigenvalue weighted by Crippen LogP contribution is 2.28. The Balaban J connectivity index is 2.05. The monoisotopic (exact) mass is 326 g/mol. The standard InChI is InChI=1S/C15H22N2O4S/c1-22(20,21)17-13-6-2-5-12(10-13)15(19)16-14-7-3-4-11(14)8-9-18/h2,5-6,10-11,14,17-18H,3-4,7-9H2,1H3,(H,16,19)/t11-,14+/m0/s1. The maximum Gasteiger partial charge on any atom is 0.251 e. The molecule has 0 radical (unpaired) electrons. The van der Waals surface area contributed by atoms with Crippen molar-refractivity contribution in [1.29, 1.82) is 0 Å². The van der Waals surface area contributed by atoms with E-state index in [0.717, 1.165) is 25.5 Å². The Morgan fingerprint density at radius 2 is 2.14 bits per heavy atom. The molecule has 2 atom stereocenters. The van der Waals surface area contributed by atoms with E-state index in [0.29, 0.717) is 23.6 Å². The third-order valence-electron chi connectivity index (χ3n) is 3.90. The summed E-state index contributed by atoms with van der Waals surface area (Å²) in [6.07, 6.45) is 4.74. The molecule has 1 aromatic carbocycles. The smallest absolute Gasteiger partial charge is 0.251 e. The Hall–Kier alpha value is -1.60. The van der Waals surface area contributed by atoms with Crippen LogP contribution >= 0.6 is 0 Å². The van der Waals surface area contributed by atoms with Crippen LogP contribution in [0.2, 0.25) is 0 Å². The van der Waals surface area contributed by atoms with E-state index < -0.39 is 10.0 Å². The molecular weight excluding hydrogens is 304 g/mol. The zero-order valence-electron chi connectivity index (χ0n) is 12.6. The molecule has 0 heterocycles. The number of anilines is 1. The van der Waals surface area contributed by atoms with Gasteiger partial charge in [-0.05, 0) is 43.4 Å². The molecule has 0 spiro atoms. The largest absolute Gasteiger partial charge is 0.396 e. The quantitative estimate of drug-likeness (QED) is 0.735. The molecule has 1 amide bonds. The zero-order chi connectivity index (χ0) is 16.2. The van der Waals surface area contributed by atoms with Crippen molar-refractivity contribution in [1.82, 2.24) is 5.32 Å². The van der Waals surface area contributed by atoms with Gasteiger partial charge < -0.3 is 10.4 Å². The van der Waals surface area contributed by atoms with Crippen molar-refractivity contribution in [3.63, 3.8) is 0 Å². The Morgan fingerprint density at radius 1 is 1.36 bits per heavy atom. The number of benzene rings is 1. The zero-order valence-corrected chi connectivity index (χ0v) is 13.4. The minimum Gasteiger partial charge on any atom is -0.396 e. The third-order valence-corrected chi connectivity index (χ3v) is 4.51. The van der Waals surface area contributed by atoms with Crippen molar-refractivity contribution in [3.05, 3.63) is 29.8 Å². The van der Waals surface area contributed by atoms with Gasteiger partial charge in [-0.1, -0.05) is 12.5 Å². The first-order valence-electron chi connectivity index (χ1n) is 7.38. The SMILES string of the molecule is CS(=O)(=O)Nc1cccc(C(=O)N[C@@H]2CCC[C@H]2CCO)c1. The third kappa shape index (κ3) is 4.71. The van der Waals surface area contributed by atoms with E-state index in [1.807, 2.05) is 0 Å². The average molecular weight is 326 g/mol. The fraction of sp³-hybridized carbons (Fsp3) is 0.533. The molecule has 6 nitrogen and oxygen atoms in total. The van der Waals surface area contributed by atoms with Gasteiger partial charge in [0.1, 0.15) is 0 Å². The van der Waals surface area contributed by atoms with Gasteiger partial charge in [0.05, 0.1) is 6.26 Å². The van der Waals surface area contributed by atoms with E-state index in [1.54, 1.807) is 18.2 Å². The van der Waals surface area contributed by atoms with E-state index in [-0.39, 0.29) is 18.6 Å². The average Bonchev–Trinajstić information content (AvgIpc) is 2.85. The van der Waals surface area contributed by atoms with Crippen LogP contribution in [0.5, 0.6) is 0 Å². The number of hydrogen-bond donors (Lipinski definition) is 3. The van der Waals surface area contributed by atoms with Crippen LogP contribution in [0.3, 0.4) is 0 Å². The Kier molecular flexibility index (Phi) is 5.42. The van der Waals surface area contributed by atoms with Gasteiger partial charge in [0.15, 0.2) is 0 Å². The molecule has 1 saturated carbocycles. The van der Waals surface area contributed by atoms with Gasteiger partial charge in [-0.3, -0.25) is 9.52 Å². The van der Waals surface area contributed by atoms with Gasteiger partial charge in [-0.15, -0.1) is 0 Å². The molecule has 22 heavy (non-hydrogen) atoms. The lowest BCUT2D eigenvalue weighted by Crippen LogP contribution is -2.37. The molecule has 1 aliphatic rings. The van der Waals surface area contributed by atoms with Crippen molar-refractivity contribution >= 4 is 21.6 Å². The number of sulfonamides is 1. The number of aliphatic hydroxyl groups excluding tert-OH is 1. The fourth-order valence-corrected chi connectivity index (χ4v) is 3.48. The van der Waals surface area contributed by atoms with Gasteiger partial charge in [0.25, 0.3) is 5.91 Å². The molecule has 1 aliphatic carbocycles. The van der Waals surface area contributed by atoms with Crippen LogP contribution in [0.1, 0.15) is 36.0 Å². The van der Waals surface area contributed by atoms with E-state index in [2.05, 4.69) is 10.0 Å². The number of nitrogens with one attached hydrogen (secondary N) is 2. The molecule has 0 unspecified atom stereocenters. The molecule has 3 N–H and O–H groups in total. The summed E-state index contributed by atoms with van der Waals surface area (Å²) in [7, 11) is -3.37. The summed E-state index contributed by atoms with van der Waals surface area (Å²) in [6.45, 7) is 0.130. The van der Waals surface area contributed by atoms with E-state index in [9.17, 15) is 13.2 Å². The van der Waals surface area contributed by atoms with Crippen LogP contribution < -0.4 is 10.0 Å². The summed E-state index contributed by atoms with van der Waals surface area (Å²) in [6, 6.07) is 6.49. The lowest BCUT2D eigenvalue weighted by molar-refractivity contribution is 0.0923. The molecule has 1 aromatic rings. The Morgan fingerprint density at radius 3 is 2.82 bits per heavy atom. The lowest BCUT2D eigenvalue weighted by atomic mass is 9.99. The molecule has 0 aliphatic heterocycles. The number of aliphatic hydroxyl groups is 1. The second-order valence-corrected chi connectivity index (χ2v) is 7.49. The predicted octanol–water partition coefficient (Wildman–Crippen LogP) is 1.34. The van der Waals surface area contributed by atoms with E-state index in [1.165, 1.54) is 6.07 Å². The molecule has 0 saturated heterocycles. The summed E-state index contributed by atoms with van der Waals surface area (Å²) >= 11 is 0. The second-order valence-electron chi connectivity index (χ2n) is 5.74. The number of rotatable bonds is 6. The number of hydrogen-bond acceptors (Lipinski definition) is 4. The summed E-state index contributed by atoms with van der Waals surface area (Å²) in [5, 5.41) is 12.1. The fourth-order valence-electron chi connectivity index (χ4n) is 2.93. The van der Waals surface area contributed by atoms with Crippen molar-refractivity contribution in [3.8, 4) is 0 Å².